The van der Waals surface area contributed by atoms with Gasteiger partial charge in [-0.2, -0.15) is 0 Å². The molecule has 0 aromatic rings. The molecule has 0 N–H and O–H groups in total. The van der Waals surface area contributed by atoms with Crippen LogP contribution in [-0.2, 0) is 4.79 Å². The van der Waals surface area contributed by atoms with E-state index in [0.717, 1.165) is 19.5 Å². The van der Waals surface area contributed by atoms with Gasteiger partial charge >= 0.3 is 0 Å². The minimum Gasteiger partial charge on any atom is -0.339 e. The highest BCUT2D eigenvalue weighted by atomic mass is 16.2. The first-order valence-electron chi connectivity index (χ1n) is 5.98. The van der Waals surface area contributed by atoms with Crippen molar-refractivity contribution >= 4 is 5.91 Å². The van der Waals surface area contributed by atoms with Crippen molar-refractivity contribution in [1.29, 1.82) is 0 Å². The van der Waals surface area contributed by atoms with Gasteiger partial charge in [-0.25, -0.2) is 0 Å². The van der Waals surface area contributed by atoms with Crippen LogP contribution < -0.4 is 0 Å². The highest BCUT2D eigenvalue weighted by molar-refractivity contribution is 5.78. The highest BCUT2D eigenvalue weighted by Gasteiger charge is 2.30. The molecule has 1 heterocycles. The van der Waals surface area contributed by atoms with E-state index in [4.69, 9.17) is 0 Å². The van der Waals surface area contributed by atoms with Gasteiger partial charge in [0.05, 0.1) is 0 Å². The van der Waals surface area contributed by atoms with E-state index < -0.39 is 0 Å². The quantitative estimate of drug-likeness (QED) is 0.694. The average Bonchev–Trinajstić information content (AvgIpc) is 2.23. The van der Waals surface area contributed by atoms with Crippen molar-refractivity contribution in [1.82, 2.24) is 9.80 Å². The van der Waals surface area contributed by atoms with Crippen LogP contribution in [0.15, 0.2) is 0 Å². The summed E-state index contributed by atoms with van der Waals surface area (Å²) in [7, 11) is 2.14. The molecule has 3 atom stereocenters. The maximum Gasteiger partial charge on any atom is 0.225 e. The molecule has 0 aliphatic carbocycles. The first kappa shape index (κ1) is 12.5. The van der Waals surface area contributed by atoms with E-state index in [0.29, 0.717) is 18.0 Å². The second-order valence-corrected chi connectivity index (χ2v) is 4.92. The molecule has 0 aromatic heterocycles. The monoisotopic (exact) mass is 212 g/mol. The van der Waals surface area contributed by atoms with Gasteiger partial charge < -0.3 is 4.90 Å². The lowest BCUT2D eigenvalue weighted by Crippen LogP contribution is -2.57. The number of hydrogen-bond donors (Lipinski definition) is 0. The van der Waals surface area contributed by atoms with Crippen molar-refractivity contribution in [2.75, 3.05) is 20.1 Å². The second kappa shape index (κ2) is 4.97. The van der Waals surface area contributed by atoms with E-state index in [1.807, 2.05) is 11.8 Å². The van der Waals surface area contributed by atoms with E-state index in [2.05, 4.69) is 32.7 Å². The van der Waals surface area contributed by atoms with Gasteiger partial charge in [-0.1, -0.05) is 13.8 Å². The number of piperazine rings is 1. The molecular weight excluding hydrogens is 188 g/mol. The molecule has 3 heteroatoms. The molecule has 1 aliphatic rings. The molecule has 3 unspecified atom stereocenters. The Kier molecular flexibility index (Phi) is 4.14. The molecule has 0 aromatic carbocycles. The standard InChI is InChI=1S/C12H24N2O/c1-6-9(2)12(15)14-7-10(3)13(5)11(4)8-14/h9-11H,6-8H2,1-5H3. The minimum atomic E-state index is 0.174. The average molecular weight is 212 g/mol. The Balaban J connectivity index is 2.61. The fraction of sp³-hybridized carbons (Fsp3) is 0.917. The van der Waals surface area contributed by atoms with Crippen molar-refractivity contribution in [2.45, 2.75) is 46.2 Å². The predicted molar refractivity (Wildman–Crippen MR) is 62.7 cm³/mol. The summed E-state index contributed by atoms with van der Waals surface area (Å²) in [5.41, 5.74) is 0. The number of nitrogens with zero attached hydrogens (tertiary/aromatic N) is 2. The molecule has 0 radical (unpaired) electrons. The number of amides is 1. The van der Waals surface area contributed by atoms with Crippen LogP contribution in [0, 0.1) is 5.92 Å². The van der Waals surface area contributed by atoms with Gasteiger partial charge in [0.25, 0.3) is 0 Å². The maximum atomic E-state index is 12.0. The molecule has 88 valence electrons. The SMILES string of the molecule is CCC(C)C(=O)N1CC(C)N(C)C(C)C1. The zero-order valence-electron chi connectivity index (χ0n) is 10.7. The largest absolute Gasteiger partial charge is 0.339 e. The summed E-state index contributed by atoms with van der Waals surface area (Å²) in [5.74, 6) is 0.497. The Bertz CT molecular complexity index is 218. The van der Waals surface area contributed by atoms with Gasteiger partial charge in [0.2, 0.25) is 5.91 Å². The second-order valence-electron chi connectivity index (χ2n) is 4.92. The maximum absolute atomic E-state index is 12.0. The summed E-state index contributed by atoms with van der Waals surface area (Å²) in [4.78, 5) is 16.4. The lowest BCUT2D eigenvalue weighted by atomic mass is 10.0. The van der Waals surface area contributed by atoms with Crippen molar-refractivity contribution in [2.24, 2.45) is 5.92 Å². The van der Waals surface area contributed by atoms with Crippen LogP contribution in [0.1, 0.15) is 34.1 Å². The Morgan fingerprint density at radius 1 is 1.33 bits per heavy atom. The molecule has 1 rings (SSSR count). The summed E-state index contributed by atoms with van der Waals surface area (Å²) in [5, 5.41) is 0. The minimum absolute atomic E-state index is 0.174. The van der Waals surface area contributed by atoms with Crippen molar-refractivity contribution in [3.05, 3.63) is 0 Å². The molecule has 0 bridgehead atoms. The Morgan fingerprint density at radius 2 is 1.80 bits per heavy atom. The third-order valence-electron chi connectivity index (χ3n) is 3.71. The van der Waals surface area contributed by atoms with Crippen molar-refractivity contribution in [3.8, 4) is 0 Å². The van der Waals surface area contributed by atoms with E-state index in [1.165, 1.54) is 0 Å². The molecular formula is C12H24N2O. The zero-order chi connectivity index (χ0) is 11.6. The predicted octanol–water partition coefficient (Wildman–Crippen LogP) is 1.58. The normalized spacial score (nSPS) is 30.3. The lowest BCUT2D eigenvalue weighted by Gasteiger charge is -2.43. The molecule has 0 saturated carbocycles. The van der Waals surface area contributed by atoms with Gasteiger partial charge in [-0.3, -0.25) is 9.69 Å². The Hall–Kier alpha value is -0.570. The smallest absolute Gasteiger partial charge is 0.225 e. The number of carbonyl (C=O) groups excluding carboxylic acids is 1. The molecule has 1 aliphatic heterocycles. The fourth-order valence-corrected chi connectivity index (χ4v) is 2.07. The molecule has 1 fully saturated rings. The third kappa shape index (κ3) is 2.71. The number of hydrogen-bond acceptors (Lipinski definition) is 2. The topological polar surface area (TPSA) is 23.6 Å². The number of rotatable bonds is 2. The van der Waals surface area contributed by atoms with Gasteiger partial charge in [-0.05, 0) is 27.3 Å². The van der Waals surface area contributed by atoms with E-state index in [9.17, 15) is 4.79 Å². The Morgan fingerprint density at radius 3 is 2.20 bits per heavy atom. The van der Waals surface area contributed by atoms with Crippen LogP contribution in [0.5, 0.6) is 0 Å². The van der Waals surface area contributed by atoms with Gasteiger partial charge in [0.1, 0.15) is 0 Å². The van der Waals surface area contributed by atoms with Crippen LogP contribution in [0.3, 0.4) is 0 Å². The van der Waals surface area contributed by atoms with E-state index >= 15 is 0 Å². The molecule has 3 nitrogen and oxygen atoms in total. The van der Waals surface area contributed by atoms with Gasteiger partial charge in [-0.15, -0.1) is 0 Å². The summed E-state index contributed by atoms with van der Waals surface area (Å²) in [6.45, 7) is 10.2. The van der Waals surface area contributed by atoms with Crippen LogP contribution in [0.25, 0.3) is 0 Å². The lowest BCUT2D eigenvalue weighted by molar-refractivity contribution is -0.139. The van der Waals surface area contributed by atoms with Gasteiger partial charge in [0, 0.05) is 31.1 Å². The summed E-state index contributed by atoms with van der Waals surface area (Å²) in [6, 6.07) is 0.948. The third-order valence-corrected chi connectivity index (χ3v) is 3.71. The molecule has 1 amide bonds. The summed E-state index contributed by atoms with van der Waals surface area (Å²) in [6.07, 6.45) is 0.938. The van der Waals surface area contributed by atoms with E-state index in [-0.39, 0.29) is 5.92 Å². The summed E-state index contributed by atoms with van der Waals surface area (Å²) >= 11 is 0. The number of carbonyl (C=O) groups is 1. The van der Waals surface area contributed by atoms with Gasteiger partial charge in [0.15, 0.2) is 0 Å². The molecule has 0 spiro atoms. The van der Waals surface area contributed by atoms with Crippen LogP contribution in [0.2, 0.25) is 0 Å². The zero-order valence-corrected chi connectivity index (χ0v) is 10.7. The first-order chi connectivity index (χ1) is 6.97. The van der Waals surface area contributed by atoms with Crippen LogP contribution in [0.4, 0.5) is 0 Å². The summed E-state index contributed by atoms with van der Waals surface area (Å²) < 4.78 is 0. The first-order valence-corrected chi connectivity index (χ1v) is 5.98. The van der Waals surface area contributed by atoms with Crippen molar-refractivity contribution in [3.63, 3.8) is 0 Å². The molecule has 15 heavy (non-hydrogen) atoms. The van der Waals surface area contributed by atoms with Crippen molar-refractivity contribution < 1.29 is 4.79 Å². The number of likely N-dealkylation sites (N-methyl/N-ethyl adjacent to an activating group) is 1. The van der Waals surface area contributed by atoms with Crippen LogP contribution >= 0.6 is 0 Å². The van der Waals surface area contributed by atoms with Crippen LogP contribution in [-0.4, -0.2) is 47.9 Å². The highest BCUT2D eigenvalue weighted by Crippen LogP contribution is 2.16. The van der Waals surface area contributed by atoms with E-state index in [1.54, 1.807) is 0 Å². The molecule has 1 saturated heterocycles. The fourth-order valence-electron chi connectivity index (χ4n) is 2.07. The Labute approximate surface area is 93.4 Å².